The lowest BCUT2D eigenvalue weighted by Gasteiger charge is -2.08. The number of ether oxygens (including phenoxy) is 1. The number of nitrogens with one attached hydrogen (secondary N) is 1. The smallest absolute Gasteiger partial charge is 0.341 e. The van der Waals surface area contributed by atoms with E-state index in [1.807, 2.05) is 42.5 Å². The van der Waals surface area contributed by atoms with Crippen molar-refractivity contribution >= 4 is 28.8 Å². The molecule has 0 saturated heterocycles. The first kappa shape index (κ1) is 12.8. The van der Waals surface area contributed by atoms with E-state index in [0.717, 1.165) is 16.9 Å². The first-order valence-corrected chi connectivity index (χ1v) is 6.60. The number of halogens is 1. The fourth-order valence-electron chi connectivity index (χ4n) is 2.14. The molecule has 0 spiro atoms. The van der Waals surface area contributed by atoms with E-state index in [1.165, 1.54) is 0 Å². The monoisotopic (exact) mass is 285 g/mol. The second kappa shape index (κ2) is 5.39. The second-order valence-corrected chi connectivity index (χ2v) is 4.87. The molecule has 3 nitrogen and oxygen atoms in total. The Labute approximate surface area is 121 Å². The van der Waals surface area contributed by atoms with Crippen LogP contribution in [0.25, 0.3) is 5.57 Å². The van der Waals surface area contributed by atoms with Gasteiger partial charge in [0.25, 0.3) is 0 Å². The number of rotatable bonds is 3. The zero-order valence-corrected chi connectivity index (χ0v) is 11.4. The van der Waals surface area contributed by atoms with Gasteiger partial charge in [-0.25, -0.2) is 4.79 Å². The van der Waals surface area contributed by atoms with Gasteiger partial charge in [0.2, 0.25) is 0 Å². The molecule has 2 aromatic rings. The third-order valence-electron chi connectivity index (χ3n) is 3.04. The SMILES string of the molecule is O=C1OCC(Nc2cccc(Cl)c2)=C1c1ccccc1. The Hall–Kier alpha value is -2.26. The summed E-state index contributed by atoms with van der Waals surface area (Å²) in [7, 11) is 0. The first-order chi connectivity index (χ1) is 9.74. The standard InChI is InChI=1S/C16H12ClNO2/c17-12-7-4-8-13(9-12)18-14-10-20-16(19)15(14)11-5-2-1-3-6-11/h1-9,18H,10H2. The Morgan fingerprint density at radius 2 is 1.85 bits per heavy atom. The summed E-state index contributed by atoms with van der Waals surface area (Å²) in [6.45, 7) is 0.246. The first-order valence-electron chi connectivity index (χ1n) is 6.22. The topological polar surface area (TPSA) is 38.3 Å². The fraction of sp³-hybridized carbons (Fsp3) is 0.0625. The molecule has 0 fully saturated rings. The zero-order valence-electron chi connectivity index (χ0n) is 10.6. The molecule has 2 aromatic carbocycles. The predicted molar refractivity (Wildman–Crippen MR) is 79.4 cm³/mol. The van der Waals surface area contributed by atoms with Crippen LogP contribution >= 0.6 is 11.6 Å². The van der Waals surface area contributed by atoms with Gasteiger partial charge in [0, 0.05) is 10.7 Å². The maximum Gasteiger partial charge on any atom is 0.341 e. The summed E-state index contributed by atoms with van der Waals surface area (Å²) < 4.78 is 5.13. The molecule has 0 unspecified atom stereocenters. The predicted octanol–water partition coefficient (Wildman–Crippen LogP) is 3.72. The summed E-state index contributed by atoms with van der Waals surface area (Å²) in [6, 6.07) is 16.8. The summed E-state index contributed by atoms with van der Waals surface area (Å²) in [5.41, 5.74) is 3.01. The summed E-state index contributed by atoms with van der Waals surface area (Å²) in [4.78, 5) is 11.9. The van der Waals surface area contributed by atoms with Gasteiger partial charge in [-0.3, -0.25) is 0 Å². The van der Waals surface area contributed by atoms with Gasteiger partial charge in [-0.15, -0.1) is 0 Å². The van der Waals surface area contributed by atoms with Crippen LogP contribution in [0.1, 0.15) is 5.56 Å². The minimum atomic E-state index is -0.305. The average Bonchev–Trinajstić information content (AvgIpc) is 2.81. The van der Waals surface area contributed by atoms with Crippen LogP contribution < -0.4 is 5.32 Å². The number of esters is 1. The molecule has 20 heavy (non-hydrogen) atoms. The van der Waals surface area contributed by atoms with Gasteiger partial charge in [0.05, 0.1) is 11.3 Å². The number of hydrogen-bond donors (Lipinski definition) is 1. The Balaban J connectivity index is 1.97. The Bertz CT molecular complexity index is 680. The molecule has 1 heterocycles. The summed E-state index contributed by atoms with van der Waals surface area (Å²) in [5, 5.41) is 3.85. The van der Waals surface area contributed by atoms with Crippen LogP contribution in [-0.2, 0) is 9.53 Å². The number of carbonyl (C=O) groups excluding carboxylic acids is 1. The third kappa shape index (κ3) is 2.53. The summed E-state index contributed by atoms with van der Waals surface area (Å²) in [5.74, 6) is -0.305. The minimum Gasteiger partial charge on any atom is -0.456 e. The molecule has 4 heteroatoms. The van der Waals surface area contributed by atoms with Gasteiger partial charge in [-0.1, -0.05) is 48.0 Å². The van der Waals surface area contributed by atoms with E-state index in [2.05, 4.69) is 5.32 Å². The fourth-order valence-corrected chi connectivity index (χ4v) is 2.33. The van der Waals surface area contributed by atoms with E-state index < -0.39 is 0 Å². The molecular weight excluding hydrogens is 274 g/mol. The van der Waals surface area contributed by atoms with Crippen LogP contribution in [0.2, 0.25) is 5.02 Å². The van der Waals surface area contributed by atoms with Crippen molar-refractivity contribution in [2.24, 2.45) is 0 Å². The highest BCUT2D eigenvalue weighted by atomic mass is 35.5. The molecule has 1 aliphatic heterocycles. The molecule has 1 aliphatic rings. The number of cyclic esters (lactones) is 1. The van der Waals surface area contributed by atoms with Crippen LogP contribution in [0.15, 0.2) is 60.3 Å². The van der Waals surface area contributed by atoms with Gasteiger partial charge in [-0.2, -0.15) is 0 Å². The van der Waals surface area contributed by atoms with Crippen LogP contribution in [0, 0.1) is 0 Å². The highest BCUT2D eigenvalue weighted by Crippen LogP contribution is 2.27. The molecule has 1 N–H and O–H groups in total. The van der Waals surface area contributed by atoms with Gasteiger partial charge >= 0.3 is 5.97 Å². The Kier molecular flexibility index (Phi) is 3.44. The van der Waals surface area contributed by atoms with Crippen LogP contribution in [0.4, 0.5) is 5.69 Å². The van der Waals surface area contributed by atoms with Crippen molar-refractivity contribution in [3.63, 3.8) is 0 Å². The molecule has 0 aliphatic carbocycles. The molecule has 0 aromatic heterocycles. The molecule has 0 radical (unpaired) electrons. The van der Waals surface area contributed by atoms with Gasteiger partial charge < -0.3 is 10.1 Å². The van der Waals surface area contributed by atoms with E-state index in [1.54, 1.807) is 12.1 Å². The van der Waals surface area contributed by atoms with Crippen molar-refractivity contribution in [2.45, 2.75) is 0 Å². The Morgan fingerprint density at radius 3 is 2.60 bits per heavy atom. The largest absolute Gasteiger partial charge is 0.456 e. The Morgan fingerprint density at radius 1 is 1.05 bits per heavy atom. The number of benzene rings is 2. The van der Waals surface area contributed by atoms with Gasteiger partial charge in [-0.05, 0) is 23.8 Å². The quantitative estimate of drug-likeness (QED) is 0.874. The van der Waals surface area contributed by atoms with Crippen LogP contribution in [0.5, 0.6) is 0 Å². The van der Waals surface area contributed by atoms with E-state index in [0.29, 0.717) is 10.6 Å². The van der Waals surface area contributed by atoms with E-state index in [-0.39, 0.29) is 12.6 Å². The molecule has 0 bridgehead atoms. The highest BCUT2D eigenvalue weighted by molar-refractivity contribution is 6.30. The molecule has 0 saturated carbocycles. The van der Waals surface area contributed by atoms with Crippen LogP contribution in [0.3, 0.4) is 0 Å². The average molecular weight is 286 g/mol. The molecular formula is C16H12ClNO2. The number of anilines is 1. The van der Waals surface area contributed by atoms with Crippen molar-refractivity contribution in [2.75, 3.05) is 11.9 Å². The zero-order chi connectivity index (χ0) is 13.9. The third-order valence-corrected chi connectivity index (χ3v) is 3.27. The molecule has 0 atom stereocenters. The van der Waals surface area contributed by atoms with E-state index in [9.17, 15) is 4.79 Å². The van der Waals surface area contributed by atoms with Gasteiger partial charge in [0.1, 0.15) is 6.61 Å². The summed E-state index contributed by atoms with van der Waals surface area (Å²) in [6.07, 6.45) is 0. The van der Waals surface area contributed by atoms with E-state index in [4.69, 9.17) is 16.3 Å². The number of hydrogen-bond acceptors (Lipinski definition) is 3. The molecule has 0 amide bonds. The minimum absolute atomic E-state index is 0.246. The molecule has 100 valence electrons. The van der Waals surface area contributed by atoms with Crippen LogP contribution in [-0.4, -0.2) is 12.6 Å². The second-order valence-electron chi connectivity index (χ2n) is 4.43. The number of carbonyl (C=O) groups is 1. The van der Waals surface area contributed by atoms with Crippen molar-refractivity contribution in [1.82, 2.24) is 0 Å². The highest BCUT2D eigenvalue weighted by Gasteiger charge is 2.26. The molecule has 3 rings (SSSR count). The maximum absolute atomic E-state index is 11.9. The lowest BCUT2D eigenvalue weighted by molar-refractivity contribution is -0.134. The lowest BCUT2D eigenvalue weighted by atomic mass is 10.1. The normalized spacial score (nSPS) is 14.3. The van der Waals surface area contributed by atoms with Gasteiger partial charge in [0.15, 0.2) is 0 Å². The maximum atomic E-state index is 11.9. The van der Waals surface area contributed by atoms with Crippen molar-refractivity contribution in [3.8, 4) is 0 Å². The van der Waals surface area contributed by atoms with E-state index >= 15 is 0 Å². The summed E-state index contributed by atoms with van der Waals surface area (Å²) >= 11 is 5.96. The lowest BCUT2D eigenvalue weighted by Crippen LogP contribution is -2.03. The van der Waals surface area contributed by atoms with Crippen molar-refractivity contribution < 1.29 is 9.53 Å². The van der Waals surface area contributed by atoms with Crippen molar-refractivity contribution in [1.29, 1.82) is 0 Å². The van der Waals surface area contributed by atoms with Crippen molar-refractivity contribution in [3.05, 3.63) is 70.9 Å².